The number of allylic oxidation sites excluding steroid dienone is 2. The molecule has 4 aliphatic rings. The monoisotopic (exact) mass is 494 g/mol. The minimum atomic E-state index is 0.269. The molecule has 200 valence electrons. The van der Waals surface area contributed by atoms with Gasteiger partial charge in [0.1, 0.15) is 5.82 Å². The van der Waals surface area contributed by atoms with E-state index in [0.717, 1.165) is 56.8 Å². The predicted octanol–water partition coefficient (Wildman–Crippen LogP) is 4.65. The van der Waals surface area contributed by atoms with Gasteiger partial charge in [-0.25, -0.2) is 4.99 Å². The number of hydrogen-bond acceptors (Lipinski definition) is 4. The number of hydrogen-bond donors (Lipinski definition) is 5. The minimum Gasteiger partial charge on any atom is -0.371 e. The maximum Gasteiger partial charge on any atom is 0.197 e. The molecule has 0 aromatic heterocycles. The van der Waals surface area contributed by atoms with Gasteiger partial charge in [0.05, 0.1) is 6.54 Å². The lowest BCUT2D eigenvalue weighted by Crippen LogP contribution is -2.49. The first-order chi connectivity index (χ1) is 17.7. The van der Waals surface area contributed by atoms with Crippen molar-refractivity contribution in [1.29, 1.82) is 0 Å². The highest BCUT2D eigenvalue weighted by Crippen LogP contribution is 2.20. The molecule has 0 spiro atoms. The molecule has 5 N–H and O–H groups in total. The Morgan fingerprint density at radius 2 is 1.94 bits per heavy atom. The number of rotatable bonds is 13. The topological polar surface area (TPSA) is 72.5 Å². The van der Waals surface area contributed by atoms with Gasteiger partial charge in [-0.15, -0.1) is 0 Å². The zero-order chi connectivity index (χ0) is 24.8. The van der Waals surface area contributed by atoms with E-state index in [4.69, 9.17) is 4.99 Å². The number of aliphatic imine (C=N–C) groups is 1. The van der Waals surface area contributed by atoms with Crippen LogP contribution in [-0.4, -0.2) is 50.8 Å². The van der Waals surface area contributed by atoms with Gasteiger partial charge in [-0.2, -0.15) is 0 Å². The molecule has 36 heavy (non-hydrogen) atoms. The first-order valence-electron chi connectivity index (χ1n) is 14.8. The Morgan fingerprint density at radius 3 is 2.75 bits per heavy atom. The van der Waals surface area contributed by atoms with E-state index in [1.165, 1.54) is 69.8 Å². The standard InChI is InChI=1S/C30H50N6/c1-24-21-29(33-20-17-25-9-4-2-5-10-25)36-30(35-24)34-23-27-15-13-26(14-16-27)22-31-18-8-19-32-28-11-6-3-7-12-28/h9,13,15-16,21,24,26,28,31-33H,2-8,10-12,14,17-20,22-23H2,1H3,(H2,34,35,36). The van der Waals surface area contributed by atoms with Gasteiger partial charge in [0.2, 0.25) is 0 Å². The van der Waals surface area contributed by atoms with Crippen LogP contribution in [0.1, 0.15) is 84.0 Å². The summed E-state index contributed by atoms with van der Waals surface area (Å²) >= 11 is 0. The van der Waals surface area contributed by atoms with Crippen molar-refractivity contribution in [2.45, 2.75) is 96.1 Å². The molecule has 1 saturated carbocycles. The van der Waals surface area contributed by atoms with Crippen LogP contribution < -0.4 is 26.6 Å². The SMILES string of the molecule is CC1C=C(NCCC2=CCCCC2)NC(=NCC2=CCC(CNCCCNC3CCCCC3)C=C2)N1. The van der Waals surface area contributed by atoms with Gasteiger partial charge in [-0.3, -0.25) is 0 Å². The molecule has 0 saturated heterocycles. The molecule has 1 heterocycles. The summed E-state index contributed by atoms with van der Waals surface area (Å²) in [5.74, 6) is 2.53. The Balaban J connectivity index is 1.08. The summed E-state index contributed by atoms with van der Waals surface area (Å²) < 4.78 is 0. The highest BCUT2D eigenvalue weighted by Gasteiger charge is 2.15. The van der Waals surface area contributed by atoms with Crippen LogP contribution in [0.25, 0.3) is 0 Å². The molecule has 2 unspecified atom stereocenters. The van der Waals surface area contributed by atoms with Crippen molar-refractivity contribution in [3.8, 4) is 0 Å². The average Bonchev–Trinajstić information content (AvgIpc) is 2.91. The van der Waals surface area contributed by atoms with Crippen molar-refractivity contribution in [2.24, 2.45) is 10.9 Å². The summed E-state index contributed by atoms with van der Waals surface area (Å²) in [5, 5.41) is 17.8. The second kappa shape index (κ2) is 15.3. The van der Waals surface area contributed by atoms with E-state index in [-0.39, 0.29) is 6.04 Å². The molecular weight excluding hydrogens is 444 g/mol. The Labute approximate surface area is 219 Å². The van der Waals surface area contributed by atoms with Crippen LogP contribution in [0.2, 0.25) is 0 Å². The van der Waals surface area contributed by atoms with E-state index >= 15 is 0 Å². The Morgan fingerprint density at radius 1 is 1.03 bits per heavy atom. The van der Waals surface area contributed by atoms with Crippen LogP contribution in [0.5, 0.6) is 0 Å². The molecule has 0 amide bonds. The zero-order valence-electron chi connectivity index (χ0n) is 22.6. The highest BCUT2D eigenvalue weighted by atomic mass is 15.3. The fraction of sp³-hybridized carbons (Fsp3) is 0.700. The fourth-order valence-electron chi connectivity index (χ4n) is 5.65. The van der Waals surface area contributed by atoms with E-state index in [1.807, 2.05) is 0 Å². The Hall–Kier alpha value is -2.05. The van der Waals surface area contributed by atoms with Gasteiger partial charge in [-0.1, -0.05) is 49.1 Å². The van der Waals surface area contributed by atoms with Crippen LogP contribution in [0.15, 0.2) is 52.3 Å². The first kappa shape index (κ1) is 27.0. The van der Waals surface area contributed by atoms with Gasteiger partial charge in [0, 0.05) is 25.2 Å². The van der Waals surface area contributed by atoms with E-state index in [9.17, 15) is 0 Å². The first-order valence-corrected chi connectivity index (χ1v) is 14.8. The summed E-state index contributed by atoms with van der Waals surface area (Å²) in [4.78, 5) is 4.82. The molecule has 6 nitrogen and oxygen atoms in total. The Bertz CT molecular complexity index is 817. The number of nitrogens with zero attached hydrogens (tertiary/aromatic N) is 1. The molecule has 6 heteroatoms. The zero-order valence-corrected chi connectivity index (χ0v) is 22.6. The van der Waals surface area contributed by atoms with Crippen LogP contribution >= 0.6 is 0 Å². The molecule has 1 fully saturated rings. The molecule has 1 aliphatic heterocycles. The van der Waals surface area contributed by atoms with Gasteiger partial charge >= 0.3 is 0 Å². The summed E-state index contributed by atoms with van der Waals surface area (Å²) in [7, 11) is 0. The lowest BCUT2D eigenvalue weighted by atomic mass is 9.95. The normalized spacial score (nSPS) is 26.0. The van der Waals surface area contributed by atoms with Crippen molar-refractivity contribution in [3.63, 3.8) is 0 Å². The lowest BCUT2D eigenvalue weighted by molar-refractivity contribution is 0.370. The van der Waals surface area contributed by atoms with E-state index < -0.39 is 0 Å². The van der Waals surface area contributed by atoms with Gasteiger partial charge in [0.25, 0.3) is 0 Å². The summed E-state index contributed by atoms with van der Waals surface area (Å²) in [6.07, 6.45) is 27.3. The molecule has 0 radical (unpaired) electrons. The molecule has 2 atom stereocenters. The second-order valence-electron chi connectivity index (χ2n) is 11.1. The molecule has 0 bridgehead atoms. The number of nitrogens with one attached hydrogen (secondary N) is 5. The van der Waals surface area contributed by atoms with Crippen molar-refractivity contribution in [2.75, 3.05) is 32.7 Å². The third-order valence-electron chi connectivity index (χ3n) is 7.84. The third kappa shape index (κ3) is 9.78. The minimum absolute atomic E-state index is 0.269. The van der Waals surface area contributed by atoms with E-state index in [2.05, 4.69) is 63.9 Å². The van der Waals surface area contributed by atoms with Crippen molar-refractivity contribution in [3.05, 3.63) is 47.3 Å². The Kier molecular flexibility index (Phi) is 11.4. The van der Waals surface area contributed by atoms with Gasteiger partial charge in [0.15, 0.2) is 5.96 Å². The lowest BCUT2D eigenvalue weighted by Gasteiger charge is -2.25. The fourth-order valence-corrected chi connectivity index (χ4v) is 5.65. The summed E-state index contributed by atoms with van der Waals surface area (Å²) in [6.45, 7) is 7.18. The molecule has 4 rings (SSSR count). The maximum atomic E-state index is 4.82. The van der Waals surface area contributed by atoms with Crippen LogP contribution in [-0.2, 0) is 0 Å². The van der Waals surface area contributed by atoms with Crippen LogP contribution in [0, 0.1) is 5.92 Å². The van der Waals surface area contributed by atoms with Crippen molar-refractivity contribution in [1.82, 2.24) is 26.6 Å². The van der Waals surface area contributed by atoms with Crippen LogP contribution in [0.3, 0.4) is 0 Å². The van der Waals surface area contributed by atoms with Crippen LogP contribution in [0.4, 0.5) is 0 Å². The predicted molar refractivity (Wildman–Crippen MR) is 153 cm³/mol. The quantitative estimate of drug-likeness (QED) is 0.190. The summed E-state index contributed by atoms with van der Waals surface area (Å²) in [5.41, 5.74) is 2.92. The maximum absolute atomic E-state index is 4.82. The third-order valence-corrected chi connectivity index (χ3v) is 7.84. The average molecular weight is 495 g/mol. The molecular formula is C30H50N6. The molecule has 0 aromatic rings. The second-order valence-corrected chi connectivity index (χ2v) is 11.1. The van der Waals surface area contributed by atoms with Crippen molar-refractivity contribution < 1.29 is 0 Å². The van der Waals surface area contributed by atoms with Crippen molar-refractivity contribution >= 4 is 5.96 Å². The smallest absolute Gasteiger partial charge is 0.197 e. The highest BCUT2D eigenvalue weighted by molar-refractivity contribution is 5.83. The van der Waals surface area contributed by atoms with E-state index in [0.29, 0.717) is 12.5 Å². The molecule has 0 aromatic carbocycles. The molecule has 3 aliphatic carbocycles. The summed E-state index contributed by atoms with van der Waals surface area (Å²) in [6, 6.07) is 1.04. The largest absolute Gasteiger partial charge is 0.371 e. The number of guanidine groups is 1. The van der Waals surface area contributed by atoms with E-state index in [1.54, 1.807) is 5.57 Å². The van der Waals surface area contributed by atoms with Gasteiger partial charge in [-0.05, 0) is 95.4 Å². The van der Waals surface area contributed by atoms with Gasteiger partial charge < -0.3 is 26.6 Å².